The molecule has 4 aliphatic heterocycles. The third kappa shape index (κ3) is 9.21. The minimum atomic E-state index is -0.942. The third-order valence-electron chi connectivity index (χ3n) is 17.9. The lowest BCUT2D eigenvalue weighted by molar-refractivity contribution is -0.143. The van der Waals surface area contributed by atoms with Crippen molar-refractivity contribution in [3.63, 3.8) is 0 Å². The van der Waals surface area contributed by atoms with E-state index in [0.29, 0.717) is 63.4 Å². The fourth-order valence-electron chi connectivity index (χ4n) is 13.9. The predicted molar refractivity (Wildman–Crippen MR) is 286 cm³/mol. The number of nitrogens with one attached hydrogen (secondary N) is 2. The first-order valence-corrected chi connectivity index (χ1v) is 27.4. The van der Waals surface area contributed by atoms with Gasteiger partial charge in [-0.05, 0) is 129 Å². The molecule has 18 heteroatoms. The average Bonchev–Trinajstić information content (AvgIpc) is 4.23. The van der Waals surface area contributed by atoms with Crippen LogP contribution in [0.25, 0.3) is 33.4 Å². The molecule has 13 rings (SSSR count). The number of piperidine rings is 1. The van der Waals surface area contributed by atoms with Gasteiger partial charge in [0.1, 0.15) is 29.3 Å². The van der Waals surface area contributed by atoms with Crippen LogP contribution in [0.15, 0.2) is 108 Å². The molecule has 77 heavy (non-hydrogen) atoms. The van der Waals surface area contributed by atoms with Gasteiger partial charge in [0.2, 0.25) is 11.9 Å². The number of nitrogens with zero attached hydrogens (tertiary/aromatic N) is 9. The van der Waals surface area contributed by atoms with Crippen LogP contribution in [0.1, 0.15) is 106 Å². The minimum absolute atomic E-state index is 0.0158. The zero-order valence-electron chi connectivity index (χ0n) is 43.3. The summed E-state index contributed by atoms with van der Waals surface area (Å²) in [6.45, 7) is 7.79. The highest BCUT2D eigenvalue weighted by Crippen LogP contribution is 2.63. The summed E-state index contributed by atoms with van der Waals surface area (Å²) in [6, 6.07) is 24.6. The molecule has 1 spiro atoms. The Morgan fingerprint density at radius 3 is 2.27 bits per heavy atom. The van der Waals surface area contributed by atoms with E-state index in [9.17, 15) is 24.2 Å². The molecule has 398 valence electrons. The van der Waals surface area contributed by atoms with Gasteiger partial charge in [0.15, 0.2) is 11.4 Å². The molecule has 0 radical (unpaired) electrons. The molecule has 2 bridgehead atoms. The van der Waals surface area contributed by atoms with Gasteiger partial charge in [-0.1, -0.05) is 61.5 Å². The van der Waals surface area contributed by atoms with Crippen LogP contribution in [0, 0.1) is 17.2 Å². The molecule has 7 aromatic rings. The van der Waals surface area contributed by atoms with E-state index in [-0.39, 0.29) is 42.3 Å². The van der Waals surface area contributed by atoms with Crippen molar-refractivity contribution in [3.8, 4) is 33.9 Å². The molecule has 2 aliphatic carbocycles. The molecule has 4 N–H and O–H groups in total. The first-order chi connectivity index (χ1) is 37.4. The van der Waals surface area contributed by atoms with Crippen molar-refractivity contribution in [1.29, 1.82) is 0 Å². The molecule has 17 nitrogen and oxygen atoms in total. The number of aliphatic hydroxyl groups excluding tert-OH is 1. The molecule has 6 aliphatic rings. The number of benzene rings is 3. The minimum Gasteiger partial charge on any atom is -0.507 e. The van der Waals surface area contributed by atoms with Crippen LogP contribution in [0.4, 0.5) is 16.0 Å². The number of hydroxylamine groups is 1. The van der Waals surface area contributed by atoms with Crippen molar-refractivity contribution >= 4 is 34.5 Å². The first kappa shape index (κ1) is 49.2. The van der Waals surface area contributed by atoms with Crippen LogP contribution in [-0.2, 0) is 9.59 Å². The van der Waals surface area contributed by atoms with Gasteiger partial charge in [-0.15, -0.1) is 10.2 Å². The van der Waals surface area contributed by atoms with Crippen molar-refractivity contribution in [2.45, 2.75) is 120 Å². The van der Waals surface area contributed by atoms with Crippen LogP contribution >= 0.6 is 0 Å². The highest BCUT2D eigenvalue weighted by molar-refractivity contribution is 5.93. The van der Waals surface area contributed by atoms with Crippen molar-refractivity contribution in [2.24, 2.45) is 11.3 Å². The van der Waals surface area contributed by atoms with Gasteiger partial charge >= 0.3 is 0 Å². The van der Waals surface area contributed by atoms with Gasteiger partial charge < -0.3 is 44.2 Å². The van der Waals surface area contributed by atoms with Gasteiger partial charge in [0.25, 0.3) is 5.91 Å². The molecule has 5 atom stereocenters. The van der Waals surface area contributed by atoms with E-state index >= 15 is 0 Å². The summed E-state index contributed by atoms with van der Waals surface area (Å²) in [6.07, 6.45) is 14.3. The zero-order valence-corrected chi connectivity index (χ0v) is 43.3. The highest BCUT2D eigenvalue weighted by Gasteiger charge is 2.55. The number of rotatable bonds is 13. The lowest BCUT2D eigenvalue weighted by Crippen LogP contribution is -2.57. The van der Waals surface area contributed by atoms with Crippen molar-refractivity contribution in [1.82, 2.24) is 45.6 Å². The van der Waals surface area contributed by atoms with Gasteiger partial charge in [-0.3, -0.25) is 9.59 Å². The smallest absolute Gasteiger partial charge is 0.275 e. The largest absolute Gasteiger partial charge is 0.507 e. The topological polar surface area (TPSA) is 202 Å². The number of H-pyrrole nitrogens is 1. The number of aromatic nitrogens is 6. The van der Waals surface area contributed by atoms with Crippen molar-refractivity contribution < 1.29 is 33.6 Å². The lowest BCUT2D eigenvalue weighted by atomic mass is 9.49. The Balaban J connectivity index is 0.572. The van der Waals surface area contributed by atoms with E-state index < -0.39 is 24.0 Å². The number of likely N-dealkylation sites (tertiary alicyclic amines) is 2. The summed E-state index contributed by atoms with van der Waals surface area (Å²) < 4.78 is 20.3. The van der Waals surface area contributed by atoms with E-state index in [1.54, 1.807) is 54.6 Å². The number of β-amino-alcohol motifs (C(OH)–C–C–N with tert-alkyl or cyclic N) is 1. The number of halogens is 1. The maximum atomic E-state index is 14.3. The maximum Gasteiger partial charge on any atom is 0.275 e. The summed E-state index contributed by atoms with van der Waals surface area (Å²) in [5.74, 6) is 0.530. The van der Waals surface area contributed by atoms with E-state index in [1.165, 1.54) is 29.4 Å². The molecule has 8 heterocycles. The molecular formula is C59H64FN11O6. The standard InChI is InChI=1S/C59H64FN11O6/c1-34(2)54(57(75)70-33-42(72)21-50(70)56(74)67-76-43-15-11-36(12-16-43)44-7-3-5-9-47(44)60)53-23-48(66-77-53)37-24-59(25-37)26-41(27-59)68-19-17-35(18-20-68)38-28-62-58(63-29-38)71-39-13-14-40(71)32-69(31-39)51-30-61-55-46(51)22-49(64-65-55)45-8-4-6-10-52(45)73/h3-12,15-16,22-23,28-30,34-35,37,39-42,50,54,72-73H,13-14,17-21,24-27,31-33H2,1-2H3,(H,61,65)(H,67,74)/t37?,39?,40?,41?,42-,50+,54-,59?/m1/s1. The molecular weight excluding hydrogens is 978 g/mol. The van der Waals surface area contributed by atoms with Crippen LogP contribution in [0.3, 0.4) is 0 Å². The summed E-state index contributed by atoms with van der Waals surface area (Å²) in [7, 11) is 0. The second-order valence-corrected chi connectivity index (χ2v) is 23.0. The van der Waals surface area contributed by atoms with Crippen LogP contribution in [0.2, 0.25) is 0 Å². The molecule has 2 unspecified atom stereocenters. The summed E-state index contributed by atoms with van der Waals surface area (Å²) in [4.78, 5) is 55.8. The highest BCUT2D eigenvalue weighted by atomic mass is 19.1. The number of aliphatic hydroxyl groups is 1. The molecule has 6 fully saturated rings. The van der Waals surface area contributed by atoms with Crippen LogP contribution < -0.4 is 20.1 Å². The summed E-state index contributed by atoms with van der Waals surface area (Å²) >= 11 is 0. The zero-order chi connectivity index (χ0) is 52.5. The number of para-hydroxylation sites is 1. The van der Waals surface area contributed by atoms with E-state index in [1.807, 2.05) is 44.3 Å². The van der Waals surface area contributed by atoms with E-state index in [2.05, 4.69) is 52.9 Å². The quantitative estimate of drug-likeness (QED) is 0.0801. The molecule has 2 saturated carbocycles. The molecule has 3 aromatic carbocycles. The maximum absolute atomic E-state index is 14.3. The number of aromatic hydroxyl groups is 1. The number of carbonyl (C=O) groups is 2. The fraction of sp³-hybridized carbons (Fsp3) is 0.441. The van der Waals surface area contributed by atoms with Gasteiger partial charge in [0, 0.05) is 91.3 Å². The Hall–Kier alpha value is -7.44. The SMILES string of the molecule is CC(C)[C@@H](C(=O)N1C[C@H](O)C[C@H]1C(=O)NOc1ccc(-c2ccccc2F)cc1)c1cc(C2CC3(C2)CC(N2CCC(c4cnc(N5C6CCC5CN(c5c[nH]c7nnc(-c8ccccc8O)cc57)C6)nc4)CC2)C3)no1. The third-order valence-corrected chi connectivity index (χ3v) is 17.9. The fourth-order valence-corrected chi connectivity index (χ4v) is 13.9. The number of amides is 2. The van der Waals surface area contributed by atoms with Gasteiger partial charge in [0.05, 0.1) is 23.2 Å². The van der Waals surface area contributed by atoms with E-state index in [0.717, 1.165) is 93.1 Å². The van der Waals surface area contributed by atoms with E-state index in [4.69, 9.17) is 19.3 Å². The number of piperazine rings is 1. The lowest BCUT2D eigenvalue weighted by Gasteiger charge is -2.60. The number of hydrogen-bond acceptors (Lipinski definition) is 14. The number of aromatic amines is 1. The molecule has 4 saturated heterocycles. The Morgan fingerprint density at radius 2 is 1.56 bits per heavy atom. The van der Waals surface area contributed by atoms with Gasteiger partial charge in [-0.25, -0.2) is 14.4 Å². The Kier molecular flexibility index (Phi) is 12.7. The normalized spacial score (nSPS) is 25.8. The predicted octanol–water partition coefficient (Wildman–Crippen LogP) is 8.49. The average molecular weight is 1040 g/mol. The molecule has 2 amide bonds. The van der Waals surface area contributed by atoms with Crippen molar-refractivity contribution in [2.75, 3.05) is 42.5 Å². The van der Waals surface area contributed by atoms with Crippen LogP contribution in [0.5, 0.6) is 11.5 Å². The van der Waals surface area contributed by atoms with Gasteiger partial charge in [-0.2, -0.15) is 5.48 Å². The Labute approximate surface area is 445 Å². The number of fused-ring (bicyclic) bond motifs is 3. The number of hydrogen-bond donors (Lipinski definition) is 4. The second kappa shape index (κ2) is 19.8. The summed E-state index contributed by atoms with van der Waals surface area (Å²) in [5, 5.41) is 35.5. The first-order valence-electron chi connectivity index (χ1n) is 27.4. The number of phenolic OH excluding ortho intramolecular Hbond substituents is 1. The monoisotopic (exact) mass is 1040 g/mol. The number of phenols is 1. The Bertz CT molecular complexity index is 3280. The van der Waals surface area contributed by atoms with Crippen molar-refractivity contribution in [3.05, 3.63) is 126 Å². The Morgan fingerprint density at radius 1 is 0.844 bits per heavy atom. The number of carbonyl (C=O) groups excluding carboxylic acids is 2. The molecule has 4 aromatic heterocycles. The summed E-state index contributed by atoms with van der Waals surface area (Å²) in [5.41, 5.74) is 9.16. The number of anilines is 2. The van der Waals surface area contributed by atoms with Crippen LogP contribution in [-0.4, -0.2) is 125 Å². The second-order valence-electron chi connectivity index (χ2n) is 23.0.